The highest BCUT2D eigenvalue weighted by atomic mass is 35.5. The molecule has 1 aromatic carbocycles. The van der Waals surface area contributed by atoms with Crippen molar-refractivity contribution >= 4 is 29.2 Å². The zero-order valence-electron chi connectivity index (χ0n) is 21.6. The number of hydrogen-bond acceptors (Lipinski definition) is 4. The van der Waals surface area contributed by atoms with Crippen molar-refractivity contribution in [3.8, 4) is 0 Å². The molecule has 1 saturated carbocycles. The number of nitrogens with one attached hydrogen (secondary N) is 1. The first-order chi connectivity index (χ1) is 18.3. The van der Waals surface area contributed by atoms with Crippen LogP contribution in [-0.2, 0) is 15.7 Å². The number of urea groups is 1. The molecule has 0 aromatic heterocycles. The summed E-state index contributed by atoms with van der Waals surface area (Å²) in [5.41, 5.74) is -1.71. The second-order valence-corrected chi connectivity index (χ2v) is 11.6. The van der Waals surface area contributed by atoms with E-state index in [1.165, 1.54) is 4.90 Å². The summed E-state index contributed by atoms with van der Waals surface area (Å²) in [5.74, 6) is -2.90. The topological polar surface area (TPSA) is 65.1 Å². The molecule has 1 N–H and O–H groups in total. The lowest BCUT2D eigenvalue weighted by molar-refractivity contribution is -0.159. The number of piperidine rings is 1. The fourth-order valence-electron chi connectivity index (χ4n) is 6.12. The number of fused-ring (bicyclic) bond motifs is 1. The van der Waals surface area contributed by atoms with Gasteiger partial charge in [0, 0.05) is 17.6 Å². The number of carbonyl (C=O) groups is 2. The van der Waals surface area contributed by atoms with Gasteiger partial charge in [-0.3, -0.25) is 9.69 Å². The van der Waals surface area contributed by atoms with Gasteiger partial charge in [-0.05, 0) is 70.3 Å². The van der Waals surface area contributed by atoms with Crippen LogP contribution in [0.4, 0.5) is 32.4 Å². The molecule has 3 atom stereocenters. The number of hydrogen-bond donors (Lipinski definition) is 1. The van der Waals surface area contributed by atoms with E-state index in [4.69, 9.17) is 16.3 Å². The van der Waals surface area contributed by atoms with E-state index in [-0.39, 0.29) is 43.4 Å². The fraction of sp³-hybridized carbons (Fsp3) is 0.692. The van der Waals surface area contributed by atoms with Crippen molar-refractivity contribution in [1.82, 2.24) is 14.7 Å². The molecule has 3 saturated heterocycles. The van der Waals surface area contributed by atoms with Crippen LogP contribution in [0.2, 0.25) is 5.02 Å². The molecule has 3 aliphatic heterocycles. The normalized spacial score (nSPS) is 28.4. The number of anilines is 1. The third-order valence-corrected chi connectivity index (χ3v) is 8.96. The first-order valence-corrected chi connectivity index (χ1v) is 13.6. The van der Waals surface area contributed by atoms with E-state index in [9.17, 15) is 31.5 Å². The number of piperazine rings is 1. The summed E-state index contributed by atoms with van der Waals surface area (Å²) < 4.78 is 73.7. The van der Waals surface area contributed by atoms with Crippen molar-refractivity contribution in [2.75, 3.05) is 44.7 Å². The molecule has 216 valence electrons. The minimum atomic E-state index is -4.62. The van der Waals surface area contributed by atoms with Crippen LogP contribution in [-0.4, -0.2) is 90.1 Å². The lowest BCUT2D eigenvalue weighted by Gasteiger charge is -2.50. The monoisotopic (exact) mass is 578 g/mol. The van der Waals surface area contributed by atoms with E-state index in [1.807, 2.05) is 4.90 Å². The van der Waals surface area contributed by atoms with Crippen LogP contribution in [0.1, 0.15) is 44.6 Å². The van der Waals surface area contributed by atoms with Crippen LogP contribution in [0.15, 0.2) is 18.2 Å². The van der Waals surface area contributed by atoms with Crippen LogP contribution >= 0.6 is 11.6 Å². The second kappa shape index (κ2) is 10.3. The van der Waals surface area contributed by atoms with E-state index in [0.717, 1.165) is 18.2 Å². The zero-order valence-corrected chi connectivity index (χ0v) is 22.3. The lowest BCUT2D eigenvalue weighted by atomic mass is 9.89. The molecule has 1 aliphatic carbocycles. The number of rotatable bonds is 5. The number of likely N-dealkylation sites (tertiary alicyclic amines) is 1. The highest BCUT2D eigenvalue weighted by molar-refractivity contribution is 6.31. The van der Waals surface area contributed by atoms with Crippen molar-refractivity contribution in [3.05, 3.63) is 28.8 Å². The maximum Gasteiger partial charge on any atom is 0.417 e. The molecule has 39 heavy (non-hydrogen) atoms. The second-order valence-electron chi connectivity index (χ2n) is 11.2. The SMILES string of the molecule is C[C@H]1C(=O)N2[C@@H](CCCN3CCC4(CC4)C(F)(F)C3)COC[C@H]2CN1C(=O)Nc1ccc(C(F)(F)F)c(Cl)c1. The smallest absolute Gasteiger partial charge is 0.377 e. The summed E-state index contributed by atoms with van der Waals surface area (Å²) >= 11 is 5.76. The first kappa shape index (κ1) is 28.4. The molecule has 13 heteroatoms. The molecule has 0 unspecified atom stereocenters. The van der Waals surface area contributed by atoms with Gasteiger partial charge in [0.2, 0.25) is 5.91 Å². The average molecular weight is 579 g/mol. The number of ether oxygens (including phenoxy) is 1. The predicted molar refractivity (Wildman–Crippen MR) is 134 cm³/mol. The maximum atomic E-state index is 14.5. The predicted octanol–water partition coefficient (Wildman–Crippen LogP) is 5.09. The Bertz CT molecular complexity index is 1120. The Balaban J connectivity index is 1.17. The van der Waals surface area contributed by atoms with E-state index in [1.54, 1.807) is 11.8 Å². The Morgan fingerprint density at radius 2 is 1.95 bits per heavy atom. The van der Waals surface area contributed by atoms with Gasteiger partial charge in [-0.2, -0.15) is 13.2 Å². The molecule has 0 bridgehead atoms. The summed E-state index contributed by atoms with van der Waals surface area (Å²) in [6, 6.07) is 0.876. The Labute approximate surface area is 228 Å². The van der Waals surface area contributed by atoms with Crippen LogP contribution in [0.5, 0.6) is 0 Å². The summed E-state index contributed by atoms with van der Waals surface area (Å²) in [6.45, 7) is 3.33. The average Bonchev–Trinajstić information content (AvgIpc) is 3.64. The molecule has 7 nitrogen and oxygen atoms in total. The molecular weight excluding hydrogens is 547 g/mol. The molecule has 1 spiro atoms. The van der Waals surface area contributed by atoms with E-state index in [0.29, 0.717) is 51.8 Å². The Morgan fingerprint density at radius 3 is 2.59 bits per heavy atom. The van der Waals surface area contributed by atoms with Gasteiger partial charge >= 0.3 is 12.2 Å². The van der Waals surface area contributed by atoms with Crippen molar-refractivity contribution < 1.29 is 36.3 Å². The van der Waals surface area contributed by atoms with Gasteiger partial charge in [0.25, 0.3) is 5.92 Å². The van der Waals surface area contributed by atoms with Gasteiger partial charge in [-0.25, -0.2) is 13.6 Å². The third-order valence-electron chi connectivity index (χ3n) is 8.65. The molecule has 1 aromatic rings. The Kier molecular flexibility index (Phi) is 7.51. The molecule has 3 heterocycles. The van der Waals surface area contributed by atoms with E-state index in [2.05, 4.69) is 5.32 Å². The fourth-order valence-corrected chi connectivity index (χ4v) is 6.41. The molecule has 4 aliphatic rings. The van der Waals surface area contributed by atoms with Gasteiger partial charge in [0.1, 0.15) is 6.04 Å². The van der Waals surface area contributed by atoms with Crippen molar-refractivity contribution in [2.24, 2.45) is 5.41 Å². The number of halogens is 6. The number of alkyl halides is 5. The van der Waals surface area contributed by atoms with Crippen molar-refractivity contribution in [3.63, 3.8) is 0 Å². The highest BCUT2D eigenvalue weighted by Crippen LogP contribution is 2.61. The van der Waals surface area contributed by atoms with E-state index >= 15 is 0 Å². The number of nitrogens with zero attached hydrogens (tertiary/aromatic N) is 3. The number of morpholine rings is 1. The standard InChI is InChI=1S/C26H32ClF5N4O3/c1-16-22(37)36-18(3-2-9-34-10-8-24(6-7-24)25(28,29)15-34)13-39-14-19(36)12-35(16)23(38)33-17-4-5-20(21(27)11-17)26(30,31)32/h4-5,11,16,18-19H,2-3,6-10,12-15H2,1H3,(H,33,38)/t16-,18-,19+/m0/s1. The molecule has 3 amide bonds. The molecular formula is C26H32ClF5N4O3. The van der Waals surface area contributed by atoms with Crippen molar-refractivity contribution in [2.45, 2.75) is 69.3 Å². The number of carbonyl (C=O) groups excluding carboxylic acids is 2. The summed E-state index contributed by atoms with van der Waals surface area (Å²) in [5, 5.41) is 1.99. The maximum absolute atomic E-state index is 14.5. The Morgan fingerprint density at radius 1 is 1.21 bits per heavy atom. The quantitative estimate of drug-likeness (QED) is 0.494. The summed E-state index contributed by atoms with van der Waals surface area (Å²) in [6.07, 6.45) is -1.65. The van der Waals surface area contributed by atoms with Gasteiger partial charge in [0.05, 0.1) is 42.4 Å². The summed E-state index contributed by atoms with van der Waals surface area (Å²) in [4.78, 5) is 31.3. The highest BCUT2D eigenvalue weighted by Gasteiger charge is 2.63. The third kappa shape index (κ3) is 5.56. The number of benzene rings is 1. The van der Waals surface area contributed by atoms with Crippen LogP contribution in [0.3, 0.4) is 0 Å². The molecule has 5 rings (SSSR count). The largest absolute Gasteiger partial charge is 0.417 e. The van der Waals surface area contributed by atoms with Gasteiger partial charge in [0.15, 0.2) is 0 Å². The van der Waals surface area contributed by atoms with Gasteiger partial charge in [-0.1, -0.05) is 11.6 Å². The van der Waals surface area contributed by atoms with Crippen LogP contribution in [0.25, 0.3) is 0 Å². The van der Waals surface area contributed by atoms with E-state index < -0.39 is 40.2 Å². The minimum absolute atomic E-state index is 0.0775. The molecule has 4 fully saturated rings. The van der Waals surface area contributed by atoms with Crippen LogP contribution in [0, 0.1) is 5.41 Å². The Hall–Kier alpha value is -2.18. The van der Waals surface area contributed by atoms with Gasteiger partial charge in [-0.15, -0.1) is 0 Å². The molecule has 0 radical (unpaired) electrons. The lowest BCUT2D eigenvalue weighted by Crippen LogP contribution is -2.68. The minimum Gasteiger partial charge on any atom is -0.377 e. The first-order valence-electron chi connectivity index (χ1n) is 13.3. The summed E-state index contributed by atoms with van der Waals surface area (Å²) in [7, 11) is 0. The zero-order chi connectivity index (χ0) is 28.2. The number of amides is 3. The van der Waals surface area contributed by atoms with Gasteiger partial charge < -0.3 is 19.9 Å². The van der Waals surface area contributed by atoms with Crippen molar-refractivity contribution in [1.29, 1.82) is 0 Å². The van der Waals surface area contributed by atoms with Crippen LogP contribution < -0.4 is 5.32 Å².